The molecule has 19 heavy (non-hydrogen) atoms. The zero-order chi connectivity index (χ0) is 14.1. The first kappa shape index (κ1) is 16.1. The molecule has 1 aliphatic rings. The minimum Gasteiger partial charge on any atom is -0.481 e. The van der Waals surface area contributed by atoms with E-state index in [0.29, 0.717) is 13.0 Å². The van der Waals surface area contributed by atoms with E-state index in [9.17, 15) is 9.59 Å². The summed E-state index contributed by atoms with van der Waals surface area (Å²) in [6.07, 6.45) is 8.27. The van der Waals surface area contributed by atoms with Crippen molar-refractivity contribution in [2.24, 2.45) is 0 Å². The number of unbranched alkanes of at least 4 members (excludes halogenated alkanes) is 2. The van der Waals surface area contributed by atoms with E-state index >= 15 is 0 Å². The number of carbonyl (C=O) groups is 2. The number of amides is 2. The van der Waals surface area contributed by atoms with Gasteiger partial charge in [0.25, 0.3) is 0 Å². The summed E-state index contributed by atoms with van der Waals surface area (Å²) >= 11 is 1.84. The Labute approximate surface area is 118 Å². The van der Waals surface area contributed by atoms with Gasteiger partial charge in [0.2, 0.25) is 0 Å². The van der Waals surface area contributed by atoms with Gasteiger partial charge in [-0.05, 0) is 31.9 Å². The SMILES string of the molecule is CSC1(CNC(=O)NCCCCCC(=O)O)CCC1. The summed E-state index contributed by atoms with van der Waals surface area (Å²) in [4.78, 5) is 21.9. The van der Waals surface area contributed by atoms with Crippen LogP contribution < -0.4 is 10.6 Å². The lowest BCUT2D eigenvalue weighted by Gasteiger charge is -2.40. The van der Waals surface area contributed by atoms with Gasteiger partial charge in [0, 0.05) is 24.3 Å². The van der Waals surface area contributed by atoms with Gasteiger partial charge in [-0.1, -0.05) is 12.8 Å². The maximum atomic E-state index is 11.6. The monoisotopic (exact) mass is 288 g/mol. The molecule has 5 nitrogen and oxygen atoms in total. The Hall–Kier alpha value is -0.910. The number of carboxylic acids is 1. The molecule has 1 fully saturated rings. The Bertz CT molecular complexity index is 301. The van der Waals surface area contributed by atoms with Crippen molar-refractivity contribution < 1.29 is 14.7 Å². The van der Waals surface area contributed by atoms with Crippen LogP contribution in [0.5, 0.6) is 0 Å². The fourth-order valence-corrected chi connectivity index (χ4v) is 3.02. The molecule has 0 aromatic rings. The maximum absolute atomic E-state index is 11.6. The number of carbonyl (C=O) groups excluding carboxylic acids is 1. The van der Waals surface area contributed by atoms with E-state index in [2.05, 4.69) is 16.9 Å². The second-order valence-electron chi connectivity index (χ2n) is 5.05. The molecule has 1 aliphatic carbocycles. The van der Waals surface area contributed by atoms with Crippen molar-refractivity contribution in [3.05, 3.63) is 0 Å². The minimum atomic E-state index is -0.756. The first-order valence-electron chi connectivity index (χ1n) is 6.87. The van der Waals surface area contributed by atoms with Gasteiger partial charge in [0.15, 0.2) is 0 Å². The number of carboxylic acid groups (broad SMARTS) is 1. The van der Waals surface area contributed by atoms with Gasteiger partial charge < -0.3 is 15.7 Å². The van der Waals surface area contributed by atoms with Gasteiger partial charge in [-0.15, -0.1) is 0 Å². The third-order valence-corrected chi connectivity index (χ3v) is 5.04. The first-order chi connectivity index (χ1) is 9.08. The van der Waals surface area contributed by atoms with Crippen LogP contribution in [0.3, 0.4) is 0 Å². The average Bonchev–Trinajstić information content (AvgIpc) is 2.32. The summed E-state index contributed by atoms with van der Waals surface area (Å²) in [7, 11) is 0. The number of nitrogens with one attached hydrogen (secondary N) is 2. The highest BCUT2D eigenvalue weighted by Gasteiger charge is 2.36. The quantitative estimate of drug-likeness (QED) is 0.568. The topological polar surface area (TPSA) is 78.4 Å². The Balaban J connectivity index is 1.97. The van der Waals surface area contributed by atoms with Gasteiger partial charge in [-0.3, -0.25) is 4.79 Å². The summed E-state index contributed by atoms with van der Waals surface area (Å²) in [6.45, 7) is 1.34. The van der Waals surface area contributed by atoms with Crippen molar-refractivity contribution in [2.45, 2.75) is 49.7 Å². The van der Waals surface area contributed by atoms with Gasteiger partial charge in [-0.2, -0.15) is 11.8 Å². The lowest BCUT2D eigenvalue weighted by Crippen LogP contribution is -2.48. The Morgan fingerprint density at radius 3 is 2.47 bits per heavy atom. The Morgan fingerprint density at radius 2 is 1.95 bits per heavy atom. The number of hydrogen-bond acceptors (Lipinski definition) is 3. The number of urea groups is 1. The van der Waals surface area contributed by atoms with Gasteiger partial charge >= 0.3 is 12.0 Å². The number of rotatable bonds is 9. The molecule has 0 aromatic carbocycles. The molecule has 2 amide bonds. The molecular formula is C13H24N2O3S. The van der Waals surface area contributed by atoms with Crippen molar-refractivity contribution in [2.75, 3.05) is 19.3 Å². The van der Waals surface area contributed by atoms with Crippen LogP contribution in [0, 0.1) is 0 Å². The van der Waals surface area contributed by atoms with Crippen molar-refractivity contribution in [3.63, 3.8) is 0 Å². The summed E-state index contributed by atoms with van der Waals surface area (Å²) in [5, 5.41) is 14.2. The predicted molar refractivity (Wildman–Crippen MR) is 77.6 cm³/mol. The van der Waals surface area contributed by atoms with Gasteiger partial charge in [0.1, 0.15) is 0 Å². The van der Waals surface area contributed by atoms with E-state index in [4.69, 9.17) is 5.11 Å². The van der Waals surface area contributed by atoms with E-state index in [1.54, 1.807) is 0 Å². The highest BCUT2D eigenvalue weighted by molar-refractivity contribution is 8.00. The van der Waals surface area contributed by atoms with Gasteiger partial charge in [-0.25, -0.2) is 4.79 Å². The van der Waals surface area contributed by atoms with Crippen molar-refractivity contribution >= 4 is 23.8 Å². The van der Waals surface area contributed by atoms with Crippen molar-refractivity contribution in [3.8, 4) is 0 Å². The number of hydrogen-bond donors (Lipinski definition) is 3. The smallest absolute Gasteiger partial charge is 0.314 e. The molecule has 6 heteroatoms. The van der Waals surface area contributed by atoms with Crippen LogP contribution in [0.15, 0.2) is 0 Å². The van der Waals surface area contributed by atoms with Crippen molar-refractivity contribution in [1.82, 2.24) is 10.6 Å². The van der Waals surface area contributed by atoms with E-state index in [1.807, 2.05) is 11.8 Å². The lowest BCUT2D eigenvalue weighted by molar-refractivity contribution is -0.137. The summed E-state index contributed by atoms with van der Waals surface area (Å²) < 4.78 is 0.263. The van der Waals surface area contributed by atoms with Crippen LogP contribution in [0.2, 0.25) is 0 Å². The van der Waals surface area contributed by atoms with E-state index in [-0.39, 0.29) is 17.2 Å². The molecule has 1 rings (SSSR count). The molecule has 0 saturated heterocycles. The molecular weight excluding hydrogens is 264 g/mol. The molecule has 110 valence electrons. The molecule has 0 spiro atoms. The molecule has 1 saturated carbocycles. The van der Waals surface area contributed by atoms with Crippen LogP contribution in [-0.4, -0.2) is 41.2 Å². The molecule has 3 N–H and O–H groups in total. The second-order valence-corrected chi connectivity index (χ2v) is 6.33. The standard InChI is InChI=1S/C13H24N2O3S/c1-19-13(7-5-8-13)10-15-12(18)14-9-4-2-3-6-11(16)17/h2-10H2,1H3,(H,16,17)(H2,14,15,18). The summed E-state index contributed by atoms with van der Waals surface area (Å²) in [6, 6.07) is -0.112. The Morgan fingerprint density at radius 1 is 1.21 bits per heavy atom. The molecule has 0 aromatic heterocycles. The molecule has 0 radical (unpaired) electrons. The fourth-order valence-electron chi connectivity index (χ4n) is 2.11. The normalized spacial score (nSPS) is 16.5. The number of thioether (sulfide) groups is 1. The van der Waals surface area contributed by atoms with E-state index in [0.717, 1.165) is 19.4 Å². The molecule has 0 unspecified atom stereocenters. The Kier molecular flexibility index (Phi) is 7.05. The zero-order valence-electron chi connectivity index (χ0n) is 11.5. The maximum Gasteiger partial charge on any atom is 0.314 e. The van der Waals surface area contributed by atoms with Crippen molar-refractivity contribution in [1.29, 1.82) is 0 Å². The minimum absolute atomic E-state index is 0.112. The largest absolute Gasteiger partial charge is 0.481 e. The molecule has 0 atom stereocenters. The summed E-state index contributed by atoms with van der Waals surface area (Å²) in [5.41, 5.74) is 0. The number of aliphatic carboxylic acids is 1. The fraction of sp³-hybridized carbons (Fsp3) is 0.846. The van der Waals surface area contributed by atoms with E-state index < -0.39 is 5.97 Å². The highest BCUT2D eigenvalue weighted by atomic mass is 32.2. The second kappa shape index (κ2) is 8.30. The zero-order valence-corrected chi connectivity index (χ0v) is 12.4. The third-order valence-electron chi connectivity index (χ3n) is 3.62. The lowest BCUT2D eigenvalue weighted by atomic mass is 9.84. The van der Waals surface area contributed by atoms with Crippen LogP contribution in [-0.2, 0) is 4.79 Å². The first-order valence-corrected chi connectivity index (χ1v) is 8.09. The van der Waals surface area contributed by atoms with E-state index in [1.165, 1.54) is 19.3 Å². The van der Waals surface area contributed by atoms with Gasteiger partial charge in [0.05, 0.1) is 0 Å². The average molecular weight is 288 g/mol. The highest BCUT2D eigenvalue weighted by Crippen LogP contribution is 2.42. The molecule has 0 aliphatic heterocycles. The van der Waals surface area contributed by atoms with Crippen LogP contribution >= 0.6 is 11.8 Å². The van der Waals surface area contributed by atoms with Crippen LogP contribution in [0.1, 0.15) is 44.9 Å². The predicted octanol–water partition coefficient (Wildman–Crippen LogP) is 2.22. The third kappa shape index (κ3) is 6.18. The molecule has 0 heterocycles. The summed E-state index contributed by atoms with van der Waals surface area (Å²) in [5.74, 6) is -0.756. The van der Waals surface area contributed by atoms with Crippen LogP contribution in [0.25, 0.3) is 0 Å². The molecule has 0 bridgehead atoms. The van der Waals surface area contributed by atoms with Crippen LogP contribution in [0.4, 0.5) is 4.79 Å².